The lowest BCUT2D eigenvalue weighted by atomic mass is 9.62. The molecule has 2 aromatic carbocycles. The number of hydrogen-bond acceptors (Lipinski definition) is 8. The number of carbonyl (C=O) groups is 3. The van der Waals surface area contributed by atoms with Crippen molar-refractivity contribution in [1.29, 1.82) is 0 Å². The van der Waals surface area contributed by atoms with E-state index in [1.807, 2.05) is 51.1 Å². The number of aliphatic hydroxyl groups excluding tert-OH is 1. The minimum atomic E-state index is -1.21. The first kappa shape index (κ1) is 32.4. The van der Waals surface area contributed by atoms with Crippen LogP contribution in [-0.4, -0.2) is 109 Å². The SMILES string of the molecule is CCOc1ccc(NC(=O)[C@H]2[C@H]3C(=O)N([C@@H](CO)Cc4ccccc4)C(C(=O)NCCN4CCOCC4)C34CC(C)[C@]2(C)O4)cc1. The first-order valence-corrected chi connectivity index (χ1v) is 16.5. The molecule has 11 heteroatoms. The summed E-state index contributed by atoms with van der Waals surface area (Å²) in [6, 6.07) is 15.1. The number of rotatable bonds is 12. The van der Waals surface area contributed by atoms with Gasteiger partial charge in [0.05, 0.1) is 49.9 Å². The maximum absolute atomic E-state index is 14.7. The predicted molar refractivity (Wildman–Crippen MR) is 171 cm³/mol. The number of amides is 3. The van der Waals surface area contributed by atoms with E-state index in [9.17, 15) is 19.5 Å². The minimum absolute atomic E-state index is 0.0991. The van der Waals surface area contributed by atoms with Crippen molar-refractivity contribution >= 4 is 23.4 Å². The van der Waals surface area contributed by atoms with Gasteiger partial charge < -0.3 is 34.9 Å². The highest BCUT2D eigenvalue weighted by Gasteiger charge is 2.80. The third kappa shape index (κ3) is 5.78. The van der Waals surface area contributed by atoms with E-state index in [-0.39, 0.29) is 30.2 Å². The van der Waals surface area contributed by atoms with Gasteiger partial charge in [-0.25, -0.2) is 0 Å². The summed E-state index contributed by atoms with van der Waals surface area (Å²) in [7, 11) is 0. The van der Waals surface area contributed by atoms with E-state index in [1.54, 1.807) is 24.3 Å². The van der Waals surface area contributed by atoms with Crippen molar-refractivity contribution in [3.8, 4) is 5.75 Å². The van der Waals surface area contributed by atoms with Crippen molar-refractivity contribution in [3.63, 3.8) is 0 Å². The largest absolute Gasteiger partial charge is 0.494 e. The van der Waals surface area contributed by atoms with Gasteiger partial charge in [-0.15, -0.1) is 0 Å². The summed E-state index contributed by atoms with van der Waals surface area (Å²) in [5.74, 6) is -2.09. The summed E-state index contributed by atoms with van der Waals surface area (Å²) in [4.78, 5) is 46.9. The Hall–Kier alpha value is -3.51. The molecule has 46 heavy (non-hydrogen) atoms. The van der Waals surface area contributed by atoms with Crippen molar-refractivity contribution in [2.45, 2.75) is 56.9 Å². The molecule has 4 fully saturated rings. The fourth-order valence-corrected chi connectivity index (χ4v) is 8.19. The molecule has 11 nitrogen and oxygen atoms in total. The Morgan fingerprint density at radius 2 is 1.80 bits per heavy atom. The molecule has 4 aliphatic rings. The highest BCUT2D eigenvalue weighted by atomic mass is 16.5. The molecule has 4 aliphatic heterocycles. The standard InChI is InChI=1S/C35H46N4O7/c1-4-45-27-12-10-25(11-13-27)37-31(41)28-29-33(43)39(26(22-40)20-24-8-6-5-7-9-24)30(35(29)21-23(2)34(28,3)46-35)32(42)36-14-15-38-16-18-44-19-17-38/h5-13,23,26,28-30,40H,4,14-22H2,1-3H3,(H,36,42)(H,37,41)/t23?,26-,28-,29+,30?,34+,35?/m1/s1. The molecule has 2 aromatic rings. The lowest BCUT2D eigenvalue weighted by Crippen LogP contribution is -2.59. The van der Waals surface area contributed by atoms with Gasteiger partial charge in [0.1, 0.15) is 17.4 Å². The second-order valence-corrected chi connectivity index (χ2v) is 13.2. The molecule has 0 radical (unpaired) electrons. The molecular weight excluding hydrogens is 588 g/mol. The van der Waals surface area contributed by atoms with Crippen LogP contribution < -0.4 is 15.4 Å². The Labute approximate surface area is 270 Å². The highest BCUT2D eigenvalue weighted by Crippen LogP contribution is 2.65. The third-order valence-electron chi connectivity index (χ3n) is 10.5. The number of nitrogens with zero attached hydrogens (tertiary/aromatic N) is 2. The van der Waals surface area contributed by atoms with Gasteiger partial charge in [-0.05, 0) is 62.4 Å². The van der Waals surface area contributed by atoms with E-state index in [1.165, 1.54) is 4.90 Å². The third-order valence-corrected chi connectivity index (χ3v) is 10.5. The van der Waals surface area contributed by atoms with Crippen LogP contribution in [0.25, 0.3) is 0 Å². The van der Waals surface area contributed by atoms with Crippen LogP contribution in [0.4, 0.5) is 5.69 Å². The lowest BCUT2D eigenvalue weighted by molar-refractivity contribution is -0.149. The van der Waals surface area contributed by atoms with Gasteiger partial charge in [0, 0.05) is 31.9 Å². The highest BCUT2D eigenvalue weighted by molar-refractivity contribution is 6.02. The monoisotopic (exact) mass is 634 g/mol. The predicted octanol–water partition coefficient (Wildman–Crippen LogP) is 2.09. The van der Waals surface area contributed by atoms with Crippen LogP contribution in [0.2, 0.25) is 0 Å². The topological polar surface area (TPSA) is 130 Å². The summed E-state index contributed by atoms with van der Waals surface area (Å²) >= 11 is 0. The quantitative estimate of drug-likeness (QED) is 0.324. The van der Waals surface area contributed by atoms with Crippen molar-refractivity contribution in [3.05, 3.63) is 60.2 Å². The van der Waals surface area contributed by atoms with Gasteiger partial charge in [-0.3, -0.25) is 19.3 Å². The van der Waals surface area contributed by atoms with Crippen LogP contribution in [-0.2, 0) is 30.3 Å². The Morgan fingerprint density at radius 3 is 2.48 bits per heavy atom. The second kappa shape index (κ2) is 13.3. The van der Waals surface area contributed by atoms with Crippen LogP contribution >= 0.6 is 0 Å². The first-order valence-electron chi connectivity index (χ1n) is 16.5. The van der Waals surface area contributed by atoms with Gasteiger partial charge in [0.25, 0.3) is 0 Å². The molecule has 248 valence electrons. The van der Waals surface area contributed by atoms with Crippen molar-refractivity contribution in [1.82, 2.24) is 15.1 Å². The molecule has 3 N–H and O–H groups in total. The molecule has 0 aliphatic carbocycles. The van der Waals surface area contributed by atoms with E-state index >= 15 is 0 Å². The molecule has 0 aromatic heterocycles. The molecule has 0 saturated carbocycles. The van der Waals surface area contributed by atoms with E-state index < -0.39 is 35.1 Å². The number of nitrogens with one attached hydrogen (secondary N) is 2. The van der Waals surface area contributed by atoms with Crippen molar-refractivity contribution in [2.75, 3.05) is 57.9 Å². The number of benzene rings is 2. The maximum Gasteiger partial charge on any atom is 0.245 e. The summed E-state index contributed by atoms with van der Waals surface area (Å²) in [5.41, 5.74) is -0.647. The number of aliphatic hydroxyl groups is 1. The van der Waals surface area contributed by atoms with Crippen LogP contribution in [0.3, 0.4) is 0 Å². The molecular formula is C35H46N4O7. The summed E-state index contributed by atoms with van der Waals surface area (Å²) in [6.45, 7) is 9.98. The molecule has 3 amide bonds. The number of morpholine rings is 1. The number of likely N-dealkylation sites (tertiary alicyclic amines) is 1. The number of fused-ring (bicyclic) bond motifs is 1. The number of ether oxygens (including phenoxy) is 3. The van der Waals surface area contributed by atoms with Gasteiger partial charge in [-0.2, -0.15) is 0 Å². The fraction of sp³-hybridized carbons (Fsp3) is 0.571. The first-order chi connectivity index (χ1) is 22.2. The Balaban J connectivity index is 1.31. The maximum atomic E-state index is 14.7. The zero-order valence-corrected chi connectivity index (χ0v) is 26.9. The second-order valence-electron chi connectivity index (χ2n) is 13.2. The zero-order chi connectivity index (χ0) is 32.5. The average molecular weight is 635 g/mol. The Kier molecular flexibility index (Phi) is 9.38. The van der Waals surface area contributed by atoms with Crippen LogP contribution in [0.15, 0.2) is 54.6 Å². The van der Waals surface area contributed by atoms with E-state index in [2.05, 4.69) is 15.5 Å². The Bertz CT molecular complexity index is 1400. The summed E-state index contributed by atoms with van der Waals surface area (Å²) < 4.78 is 17.9. The van der Waals surface area contributed by atoms with E-state index in [4.69, 9.17) is 14.2 Å². The van der Waals surface area contributed by atoms with Gasteiger partial charge in [0.15, 0.2) is 0 Å². The van der Waals surface area contributed by atoms with E-state index in [0.717, 1.165) is 18.7 Å². The van der Waals surface area contributed by atoms with Gasteiger partial charge >= 0.3 is 0 Å². The molecule has 4 heterocycles. The van der Waals surface area contributed by atoms with Crippen molar-refractivity contribution in [2.24, 2.45) is 17.8 Å². The van der Waals surface area contributed by atoms with Crippen LogP contribution in [0.1, 0.15) is 32.8 Å². The average Bonchev–Trinajstić information content (AvgIpc) is 3.58. The van der Waals surface area contributed by atoms with Gasteiger partial charge in [-0.1, -0.05) is 37.3 Å². The lowest BCUT2D eigenvalue weighted by Gasteiger charge is -2.37. The van der Waals surface area contributed by atoms with Crippen molar-refractivity contribution < 1.29 is 33.7 Å². The molecule has 6 rings (SSSR count). The number of carbonyl (C=O) groups excluding carboxylic acids is 3. The minimum Gasteiger partial charge on any atom is -0.494 e. The molecule has 7 atom stereocenters. The normalized spacial score (nSPS) is 31.0. The molecule has 4 saturated heterocycles. The number of anilines is 1. The van der Waals surface area contributed by atoms with Gasteiger partial charge in [0.2, 0.25) is 17.7 Å². The fourth-order valence-electron chi connectivity index (χ4n) is 8.19. The molecule has 1 spiro atoms. The summed E-state index contributed by atoms with van der Waals surface area (Å²) in [6.07, 6.45) is 0.813. The van der Waals surface area contributed by atoms with E-state index in [0.29, 0.717) is 57.2 Å². The smallest absolute Gasteiger partial charge is 0.245 e. The van der Waals surface area contributed by atoms with Crippen LogP contribution in [0.5, 0.6) is 5.75 Å². The van der Waals surface area contributed by atoms with Crippen LogP contribution in [0, 0.1) is 17.8 Å². The molecule has 2 bridgehead atoms. The summed E-state index contributed by atoms with van der Waals surface area (Å²) in [5, 5.41) is 16.8. The number of hydrogen-bond donors (Lipinski definition) is 3. The molecule has 3 unspecified atom stereocenters. The Morgan fingerprint density at radius 1 is 1.09 bits per heavy atom. The zero-order valence-electron chi connectivity index (χ0n) is 26.9.